The number of hydrogen-bond donors (Lipinski definition) is 0. The number of rotatable bonds is 4. The van der Waals surface area contributed by atoms with E-state index in [0.717, 1.165) is 0 Å². The average molecular weight is 238 g/mol. The van der Waals surface area contributed by atoms with E-state index in [2.05, 4.69) is 19.7 Å². The molecule has 1 rings (SSSR count). The summed E-state index contributed by atoms with van der Waals surface area (Å²) in [5.41, 5.74) is 0.603. The maximum absolute atomic E-state index is 11.4. The zero-order valence-corrected chi connectivity index (χ0v) is 10.8. The first kappa shape index (κ1) is 13.0. The van der Waals surface area contributed by atoms with Crippen molar-refractivity contribution in [2.75, 3.05) is 6.61 Å². The van der Waals surface area contributed by atoms with E-state index in [1.807, 2.05) is 12.1 Å². The van der Waals surface area contributed by atoms with Crippen LogP contribution in [-0.4, -0.2) is 23.7 Å². The van der Waals surface area contributed by atoms with Gasteiger partial charge in [0.2, 0.25) is 0 Å². The van der Waals surface area contributed by atoms with E-state index >= 15 is 0 Å². The van der Waals surface area contributed by atoms with Gasteiger partial charge in [-0.1, -0.05) is 19.7 Å². The molecule has 16 heavy (non-hydrogen) atoms. The molecule has 0 aromatic heterocycles. The summed E-state index contributed by atoms with van der Waals surface area (Å²) in [7, 11) is -0.0125. The number of carbonyl (C=O) groups excluding carboxylic acids is 1. The Balaban J connectivity index is 2.83. The Morgan fingerprint density at radius 1 is 1.38 bits per heavy atom. The number of carbonyl (C=O) groups is 1. The van der Waals surface area contributed by atoms with Crippen molar-refractivity contribution in [1.29, 1.82) is 0 Å². The van der Waals surface area contributed by atoms with E-state index in [1.54, 1.807) is 19.1 Å². The monoisotopic (exact) mass is 238 g/mol. The van der Waals surface area contributed by atoms with Gasteiger partial charge in [-0.2, -0.15) is 10.5 Å². The van der Waals surface area contributed by atoms with Crippen molar-refractivity contribution in [3.8, 4) is 0 Å². The van der Waals surface area contributed by atoms with E-state index in [-0.39, 0.29) is 16.5 Å². The Labute approximate surface area is 99.6 Å². The van der Waals surface area contributed by atoms with Crippen molar-refractivity contribution < 1.29 is 9.53 Å². The normalized spacial score (nSPS) is 12.5. The van der Waals surface area contributed by atoms with Crippen LogP contribution in [0, 0.1) is 0 Å². The molecule has 1 unspecified atom stereocenters. The van der Waals surface area contributed by atoms with Crippen molar-refractivity contribution in [3.05, 3.63) is 29.8 Å². The molecule has 0 aliphatic heterocycles. The van der Waals surface area contributed by atoms with Crippen molar-refractivity contribution in [2.45, 2.75) is 30.9 Å². The fourth-order valence-corrected chi connectivity index (χ4v) is 2.28. The van der Waals surface area contributed by atoms with Crippen molar-refractivity contribution in [2.24, 2.45) is 0 Å². The third-order valence-electron chi connectivity index (χ3n) is 2.24. The summed E-state index contributed by atoms with van der Waals surface area (Å²) < 4.78 is 4.92. The SMILES string of the molecule is C=S(c1ccc(C(=O)OCC)cc1)C(C)C. The summed E-state index contributed by atoms with van der Waals surface area (Å²) in [6, 6.07) is 7.53. The van der Waals surface area contributed by atoms with Crippen LogP contribution in [-0.2, 0) is 4.74 Å². The molecule has 1 aromatic carbocycles. The summed E-state index contributed by atoms with van der Waals surface area (Å²) in [5.74, 6) is 3.87. The molecule has 1 aromatic rings. The van der Waals surface area contributed by atoms with Gasteiger partial charge in [0.05, 0.1) is 12.2 Å². The van der Waals surface area contributed by atoms with E-state index in [9.17, 15) is 4.79 Å². The Hall–Kier alpha value is -1.09. The molecule has 0 aliphatic rings. The number of ether oxygens (including phenoxy) is 1. The van der Waals surface area contributed by atoms with Crippen molar-refractivity contribution >= 4 is 22.3 Å². The van der Waals surface area contributed by atoms with Crippen molar-refractivity contribution in [1.82, 2.24) is 0 Å². The molecule has 0 bridgehead atoms. The fraction of sp³-hybridized carbons (Fsp3) is 0.385. The minimum Gasteiger partial charge on any atom is -0.462 e. The summed E-state index contributed by atoms with van der Waals surface area (Å²) >= 11 is 0. The zero-order valence-electron chi connectivity index (χ0n) is 10.0. The first-order valence-corrected chi connectivity index (χ1v) is 6.82. The summed E-state index contributed by atoms with van der Waals surface area (Å²) in [6.45, 7) is 6.51. The molecule has 1 atom stereocenters. The number of esters is 1. The topological polar surface area (TPSA) is 26.3 Å². The molecular weight excluding hydrogens is 220 g/mol. The highest BCUT2D eigenvalue weighted by Crippen LogP contribution is 2.29. The Kier molecular flexibility index (Phi) is 4.74. The van der Waals surface area contributed by atoms with Crippen molar-refractivity contribution in [3.63, 3.8) is 0 Å². The molecule has 0 radical (unpaired) electrons. The molecule has 0 N–H and O–H groups in total. The standard InChI is InChI=1S/C13H18O2S/c1-5-15-13(14)11-6-8-12(9-7-11)16(4)10(2)3/h6-10H,4-5H2,1-3H3. The maximum Gasteiger partial charge on any atom is 0.338 e. The van der Waals surface area contributed by atoms with Crippen LogP contribution in [0.15, 0.2) is 29.2 Å². The van der Waals surface area contributed by atoms with Crippen LogP contribution in [0.2, 0.25) is 0 Å². The Morgan fingerprint density at radius 3 is 2.38 bits per heavy atom. The van der Waals surface area contributed by atoms with E-state index in [0.29, 0.717) is 17.4 Å². The molecule has 0 aliphatic carbocycles. The molecule has 2 nitrogen and oxygen atoms in total. The second-order valence-corrected chi connectivity index (χ2v) is 5.99. The van der Waals surface area contributed by atoms with Gasteiger partial charge in [-0.15, -0.1) is 0 Å². The van der Waals surface area contributed by atoms with Gasteiger partial charge in [-0.05, 0) is 36.4 Å². The molecule has 0 spiro atoms. The molecule has 0 saturated carbocycles. The maximum atomic E-state index is 11.4. The van der Waals surface area contributed by atoms with E-state index in [4.69, 9.17) is 4.74 Å². The van der Waals surface area contributed by atoms with E-state index in [1.165, 1.54) is 4.90 Å². The predicted molar refractivity (Wildman–Crippen MR) is 70.5 cm³/mol. The highest BCUT2D eigenvalue weighted by atomic mass is 32.2. The van der Waals surface area contributed by atoms with Gasteiger partial charge >= 0.3 is 5.97 Å². The lowest BCUT2D eigenvalue weighted by molar-refractivity contribution is 0.0526. The van der Waals surface area contributed by atoms with Crippen LogP contribution < -0.4 is 0 Å². The Morgan fingerprint density at radius 2 is 1.94 bits per heavy atom. The second kappa shape index (κ2) is 5.85. The third kappa shape index (κ3) is 3.20. The molecule has 0 saturated heterocycles. The van der Waals surface area contributed by atoms with Crippen LogP contribution in [0.3, 0.4) is 0 Å². The van der Waals surface area contributed by atoms with Gasteiger partial charge in [0.1, 0.15) is 0 Å². The molecule has 0 fully saturated rings. The minimum absolute atomic E-state index is 0.0125. The quantitative estimate of drug-likeness (QED) is 0.594. The largest absolute Gasteiger partial charge is 0.462 e. The lowest BCUT2D eigenvalue weighted by Gasteiger charge is -2.11. The first-order valence-electron chi connectivity index (χ1n) is 5.36. The van der Waals surface area contributed by atoms with Crippen LogP contribution in [0.1, 0.15) is 31.1 Å². The highest BCUT2D eigenvalue weighted by Gasteiger charge is 2.07. The summed E-state index contributed by atoms with van der Waals surface area (Å²) in [6.07, 6.45) is 0. The van der Waals surface area contributed by atoms with Crippen LogP contribution in [0.4, 0.5) is 0 Å². The smallest absolute Gasteiger partial charge is 0.338 e. The molecule has 0 amide bonds. The fourth-order valence-electron chi connectivity index (χ4n) is 1.25. The lowest BCUT2D eigenvalue weighted by Crippen LogP contribution is -2.04. The van der Waals surface area contributed by atoms with Gasteiger partial charge in [-0.25, -0.2) is 4.79 Å². The second-order valence-electron chi connectivity index (χ2n) is 3.72. The van der Waals surface area contributed by atoms with Gasteiger partial charge in [-0.3, -0.25) is 0 Å². The zero-order chi connectivity index (χ0) is 12.1. The Bertz CT molecular complexity index is 379. The first-order chi connectivity index (χ1) is 7.56. The predicted octanol–water partition coefficient (Wildman–Crippen LogP) is 3.33. The van der Waals surface area contributed by atoms with Crippen LogP contribution in [0.25, 0.3) is 0 Å². The highest BCUT2D eigenvalue weighted by molar-refractivity contribution is 8.14. The average Bonchev–Trinajstić information content (AvgIpc) is 2.28. The number of hydrogen-bond acceptors (Lipinski definition) is 2. The van der Waals surface area contributed by atoms with Crippen LogP contribution >= 0.6 is 10.5 Å². The van der Waals surface area contributed by atoms with Gasteiger partial charge < -0.3 is 4.74 Å². The summed E-state index contributed by atoms with van der Waals surface area (Å²) in [5, 5.41) is 0.522. The van der Waals surface area contributed by atoms with Gasteiger partial charge in [0, 0.05) is 4.90 Å². The molecule has 3 heteroatoms. The summed E-state index contributed by atoms with van der Waals surface area (Å²) in [4.78, 5) is 12.6. The lowest BCUT2D eigenvalue weighted by atomic mass is 10.2. The minimum atomic E-state index is -0.262. The van der Waals surface area contributed by atoms with Gasteiger partial charge in [0.15, 0.2) is 0 Å². The van der Waals surface area contributed by atoms with Crippen LogP contribution in [0.5, 0.6) is 0 Å². The molecule has 88 valence electrons. The molecule has 0 heterocycles. The van der Waals surface area contributed by atoms with E-state index < -0.39 is 0 Å². The molecular formula is C13H18O2S. The number of benzene rings is 1. The van der Waals surface area contributed by atoms with Gasteiger partial charge in [0.25, 0.3) is 0 Å². The third-order valence-corrected chi connectivity index (χ3v) is 4.25.